The van der Waals surface area contributed by atoms with E-state index in [1.807, 2.05) is 0 Å². The van der Waals surface area contributed by atoms with Gasteiger partial charge in [0.05, 0.1) is 11.6 Å². The van der Waals surface area contributed by atoms with Gasteiger partial charge in [0.25, 0.3) is 0 Å². The predicted octanol–water partition coefficient (Wildman–Crippen LogP) is 0.845. The molecule has 3 N–H and O–H groups in total. The van der Waals surface area contributed by atoms with Crippen LogP contribution < -0.4 is 4.72 Å². The molecule has 2 rings (SSSR count). The van der Waals surface area contributed by atoms with Gasteiger partial charge in [-0.15, -0.1) is 0 Å². The number of anilines is 1. The molecule has 0 saturated carbocycles. The van der Waals surface area contributed by atoms with Crippen LogP contribution in [0, 0.1) is 5.92 Å². The maximum Gasteiger partial charge on any atom is 0.306 e. The number of piperidine rings is 1. The number of nitrogens with zero attached hydrogens (tertiary/aromatic N) is 1. The number of carboxylic acid groups (broad SMARTS) is 1. The molecule has 1 aliphatic heterocycles. The van der Waals surface area contributed by atoms with Crippen molar-refractivity contribution in [3.05, 3.63) is 24.3 Å². The summed E-state index contributed by atoms with van der Waals surface area (Å²) < 4.78 is 27.9. The van der Waals surface area contributed by atoms with Crippen LogP contribution in [0.15, 0.2) is 24.3 Å². The second-order valence-electron chi connectivity index (χ2n) is 4.67. The van der Waals surface area contributed by atoms with E-state index in [1.165, 1.54) is 28.6 Å². The molecule has 8 heteroatoms. The summed E-state index contributed by atoms with van der Waals surface area (Å²) in [5.41, 5.74) is 0.350. The Balaban J connectivity index is 2.01. The molecule has 1 aliphatic rings. The molecule has 0 atom stereocenters. The van der Waals surface area contributed by atoms with Crippen LogP contribution in [0.2, 0.25) is 0 Å². The third kappa shape index (κ3) is 3.40. The van der Waals surface area contributed by atoms with Gasteiger partial charge in [0.1, 0.15) is 5.75 Å². The van der Waals surface area contributed by atoms with Gasteiger partial charge in [-0.2, -0.15) is 12.7 Å². The summed E-state index contributed by atoms with van der Waals surface area (Å²) in [6, 6.07) is 5.68. The molecule has 1 fully saturated rings. The molecule has 0 unspecified atom stereocenters. The van der Waals surface area contributed by atoms with Crippen molar-refractivity contribution in [2.24, 2.45) is 5.92 Å². The number of benzene rings is 1. The minimum Gasteiger partial charge on any atom is -0.508 e. The molecule has 20 heavy (non-hydrogen) atoms. The fourth-order valence-electron chi connectivity index (χ4n) is 2.09. The van der Waals surface area contributed by atoms with Crippen LogP contribution in [0.1, 0.15) is 12.8 Å². The Bertz CT molecular complexity index is 576. The topological polar surface area (TPSA) is 107 Å². The van der Waals surface area contributed by atoms with Crippen molar-refractivity contribution in [1.82, 2.24) is 4.31 Å². The lowest BCUT2D eigenvalue weighted by Gasteiger charge is -2.29. The van der Waals surface area contributed by atoms with E-state index in [1.54, 1.807) is 0 Å². The number of rotatable bonds is 4. The summed E-state index contributed by atoms with van der Waals surface area (Å²) in [5, 5.41) is 18.0. The molecule has 0 bridgehead atoms. The van der Waals surface area contributed by atoms with E-state index >= 15 is 0 Å². The van der Waals surface area contributed by atoms with Crippen molar-refractivity contribution in [2.45, 2.75) is 12.8 Å². The molecule has 0 amide bonds. The van der Waals surface area contributed by atoms with E-state index in [9.17, 15) is 13.2 Å². The first-order valence-electron chi connectivity index (χ1n) is 6.18. The normalized spacial score (nSPS) is 17.8. The number of carbonyl (C=O) groups is 1. The largest absolute Gasteiger partial charge is 0.508 e. The zero-order valence-electron chi connectivity index (χ0n) is 10.7. The van der Waals surface area contributed by atoms with Gasteiger partial charge in [0.2, 0.25) is 0 Å². The second kappa shape index (κ2) is 5.68. The molecule has 0 aromatic heterocycles. The van der Waals surface area contributed by atoms with E-state index in [0.29, 0.717) is 18.5 Å². The Kier molecular flexibility index (Phi) is 4.15. The van der Waals surface area contributed by atoms with Crippen molar-refractivity contribution in [1.29, 1.82) is 0 Å². The third-order valence-electron chi connectivity index (χ3n) is 3.26. The molecule has 0 radical (unpaired) electrons. The Morgan fingerprint density at radius 2 is 1.75 bits per heavy atom. The Hall–Kier alpha value is -1.80. The molecule has 1 aromatic carbocycles. The predicted molar refractivity (Wildman–Crippen MR) is 72.6 cm³/mol. The minimum absolute atomic E-state index is 0.0511. The minimum atomic E-state index is -3.69. The first-order valence-corrected chi connectivity index (χ1v) is 7.62. The first-order chi connectivity index (χ1) is 9.38. The van der Waals surface area contributed by atoms with Crippen LogP contribution in [-0.2, 0) is 15.0 Å². The molecule has 0 spiro atoms. The van der Waals surface area contributed by atoms with Crippen LogP contribution in [0.25, 0.3) is 0 Å². The lowest BCUT2D eigenvalue weighted by Crippen LogP contribution is -2.42. The molecular weight excluding hydrogens is 284 g/mol. The zero-order valence-corrected chi connectivity index (χ0v) is 11.5. The number of phenolic OH excluding ortho intramolecular Hbond substituents is 1. The fraction of sp³-hybridized carbons (Fsp3) is 0.417. The highest BCUT2D eigenvalue weighted by Crippen LogP contribution is 2.22. The van der Waals surface area contributed by atoms with Gasteiger partial charge in [-0.05, 0) is 37.1 Å². The Labute approximate surface area is 117 Å². The average molecular weight is 300 g/mol. The lowest BCUT2D eigenvalue weighted by atomic mass is 9.99. The highest BCUT2D eigenvalue weighted by molar-refractivity contribution is 7.90. The number of aliphatic carboxylic acids is 1. The van der Waals surface area contributed by atoms with Crippen LogP contribution in [-0.4, -0.2) is 42.0 Å². The lowest BCUT2D eigenvalue weighted by molar-refractivity contribution is -0.142. The molecule has 1 saturated heterocycles. The van der Waals surface area contributed by atoms with E-state index in [-0.39, 0.29) is 18.8 Å². The molecule has 1 heterocycles. The standard InChI is InChI=1S/C12H16N2O5S/c15-11-3-1-10(2-4-11)13-20(18,19)14-7-5-9(6-8-14)12(16)17/h1-4,9,13,15H,5-8H2,(H,16,17). The number of hydrogen-bond donors (Lipinski definition) is 3. The van der Waals surface area contributed by atoms with Crippen molar-refractivity contribution in [3.8, 4) is 5.75 Å². The summed E-state index contributed by atoms with van der Waals surface area (Å²) in [6.07, 6.45) is 0.623. The summed E-state index contributed by atoms with van der Waals surface area (Å²) >= 11 is 0. The SMILES string of the molecule is O=C(O)C1CCN(S(=O)(=O)Nc2ccc(O)cc2)CC1. The third-order valence-corrected chi connectivity index (χ3v) is 4.80. The number of carboxylic acids is 1. The van der Waals surface area contributed by atoms with Crippen molar-refractivity contribution < 1.29 is 23.4 Å². The van der Waals surface area contributed by atoms with Crippen LogP contribution in [0.3, 0.4) is 0 Å². The maximum absolute atomic E-state index is 12.1. The summed E-state index contributed by atoms with van der Waals surface area (Å²) in [4.78, 5) is 10.8. The van der Waals surface area contributed by atoms with Gasteiger partial charge in [0, 0.05) is 13.1 Å². The van der Waals surface area contributed by atoms with Gasteiger partial charge in [-0.25, -0.2) is 0 Å². The van der Waals surface area contributed by atoms with E-state index < -0.39 is 22.1 Å². The fourth-order valence-corrected chi connectivity index (χ4v) is 3.34. The highest BCUT2D eigenvalue weighted by Gasteiger charge is 2.30. The Morgan fingerprint density at radius 3 is 2.25 bits per heavy atom. The van der Waals surface area contributed by atoms with Crippen LogP contribution >= 0.6 is 0 Å². The molecule has 1 aromatic rings. The van der Waals surface area contributed by atoms with E-state index in [2.05, 4.69) is 4.72 Å². The van der Waals surface area contributed by atoms with Gasteiger partial charge in [-0.3, -0.25) is 9.52 Å². The van der Waals surface area contributed by atoms with Gasteiger partial charge in [-0.1, -0.05) is 0 Å². The Morgan fingerprint density at radius 1 is 1.20 bits per heavy atom. The van der Waals surface area contributed by atoms with Gasteiger partial charge >= 0.3 is 16.2 Å². The maximum atomic E-state index is 12.1. The second-order valence-corrected chi connectivity index (χ2v) is 6.34. The zero-order chi connectivity index (χ0) is 14.8. The molecule has 7 nitrogen and oxygen atoms in total. The summed E-state index contributed by atoms with van der Waals surface area (Å²) in [6.45, 7) is 0.370. The van der Waals surface area contributed by atoms with Crippen molar-refractivity contribution in [3.63, 3.8) is 0 Å². The monoisotopic (exact) mass is 300 g/mol. The quantitative estimate of drug-likeness (QED) is 0.714. The average Bonchev–Trinajstić information content (AvgIpc) is 2.41. The van der Waals surface area contributed by atoms with E-state index in [0.717, 1.165) is 0 Å². The number of phenols is 1. The van der Waals surface area contributed by atoms with Gasteiger partial charge < -0.3 is 10.2 Å². The van der Waals surface area contributed by atoms with Crippen molar-refractivity contribution in [2.75, 3.05) is 17.8 Å². The number of hydrogen-bond acceptors (Lipinski definition) is 4. The van der Waals surface area contributed by atoms with E-state index in [4.69, 9.17) is 10.2 Å². The molecule has 0 aliphatic carbocycles. The highest BCUT2D eigenvalue weighted by atomic mass is 32.2. The van der Waals surface area contributed by atoms with Gasteiger partial charge in [0.15, 0.2) is 0 Å². The molecular formula is C12H16N2O5S. The summed E-state index contributed by atoms with van der Waals surface area (Å²) in [5.74, 6) is -1.31. The van der Waals surface area contributed by atoms with Crippen LogP contribution in [0.5, 0.6) is 5.75 Å². The first kappa shape index (κ1) is 14.6. The number of aromatic hydroxyl groups is 1. The number of nitrogens with one attached hydrogen (secondary N) is 1. The van der Waals surface area contributed by atoms with Crippen LogP contribution in [0.4, 0.5) is 5.69 Å². The summed E-state index contributed by atoms with van der Waals surface area (Å²) in [7, 11) is -3.69. The van der Waals surface area contributed by atoms with Crippen molar-refractivity contribution >= 4 is 21.9 Å². The molecule has 110 valence electrons. The smallest absolute Gasteiger partial charge is 0.306 e.